The standard InChI is InChI=1S/C9H12N2O6/c12-3-4-6(14)7(15)8(17-4)11-2-1-5(13)10-9(11)16/h1-2,4,6-8,12,14-15H,3H2,(H,10,13,16)/t4-,6-,7-,8-/m1/s1/i3+2. The zero-order valence-electron chi connectivity index (χ0n) is 8.68. The molecule has 0 radical (unpaired) electrons. The van der Waals surface area contributed by atoms with E-state index in [1.165, 1.54) is 0 Å². The number of hydrogen-bond acceptors (Lipinski definition) is 6. The molecule has 0 aromatic carbocycles. The molecule has 1 aromatic heterocycles. The molecule has 0 unspecified atom stereocenters. The maximum absolute atomic E-state index is 11.4. The average molecular weight is 246 g/mol. The number of hydrogen-bond donors (Lipinski definition) is 4. The summed E-state index contributed by atoms with van der Waals surface area (Å²) in [6.07, 6.45) is -3.58. The minimum absolute atomic E-state index is 0.479. The van der Waals surface area contributed by atoms with E-state index < -0.39 is 42.4 Å². The first-order chi connectivity index (χ1) is 8.04. The van der Waals surface area contributed by atoms with Gasteiger partial charge in [-0.3, -0.25) is 14.3 Å². The lowest BCUT2D eigenvalue weighted by molar-refractivity contribution is -0.0550. The van der Waals surface area contributed by atoms with E-state index in [0.717, 1.165) is 16.8 Å². The van der Waals surface area contributed by atoms with Crippen LogP contribution >= 0.6 is 0 Å². The molecule has 0 amide bonds. The van der Waals surface area contributed by atoms with Crippen molar-refractivity contribution in [3.8, 4) is 0 Å². The highest BCUT2D eigenvalue weighted by molar-refractivity contribution is 4.92. The number of H-pyrrole nitrogens is 1. The number of ether oxygens (including phenoxy) is 1. The molecule has 17 heavy (non-hydrogen) atoms. The normalized spacial score (nSPS) is 32.9. The highest BCUT2D eigenvalue weighted by Crippen LogP contribution is 2.27. The molecule has 0 aliphatic carbocycles. The molecule has 8 heteroatoms. The Hall–Kier alpha value is -1.48. The first-order valence-electron chi connectivity index (χ1n) is 4.98. The molecule has 4 N–H and O–H groups in total. The van der Waals surface area contributed by atoms with Crippen molar-refractivity contribution in [3.63, 3.8) is 0 Å². The molecule has 0 saturated carbocycles. The van der Waals surface area contributed by atoms with Gasteiger partial charge in [-0.1, -0.05) is 0 Å². The molecular weight excluding hydrogens is 234 g/mol. The molecule has 94 valence electrons. The van der Waals surface area contributed by atoms with Crippen LogP contribution < -0.4 is 11.2 Å². The van der Waals surface area contributed by atoms with Crippen LogP contribution in [0.4, 0.5) is 0 Å². The van der Waals surface area contributed by atoms with Crippen molar-refractivity contribution in [2.45, 2.75) is 24.5 Å². The molecule has 1 aromatic rings. The average Bonchev–Trinajstić information content (AvgIpc) is 2.57. The Morgan fingerprint density at radius 2 is 2.06 bits per heavy atom. The van der Waals surface area contributed by atoms with Gasteiger partial charge in [-0.25, -0.2) is 4.79 Å². The maximum Gasteiger partial charge on any atom is 0.330 e. The van der Waals surface area contributed by atoms with Gasteiger partial charge in [-0.2, -0.15) is 0 Å². The predicted octanol–water partition coefficient (Wildman–Crippen LogP) is -2.85. The van der Waals surface area contributed by atoms with Crippen LogP contribution in [0.15, 0.2) is 21.9 Å². The fraction of sp³-hybridized carbons (Fsp3) is 0.556. The maximum atomic E-state index is 11.4. The summed E-state index contributed by atoms with van der Waals surface area (Å²) in [5, 5.41) is 28.1. The third kappa shape index (κ3) is 2.03. The SMILES string of the molecule is O=c1ccn([C@@H]2O[C@H]([14CH2]O)[C@@H](O)[C@H]2O)c(=O)[nH]1. The fourth-order valence-corrected chi connectivity index (χ4v) is 1.74. The van der Waals surface area contributed by atoms with Gasteiger partial charge in [0.15, 0.2) is 6.23 Å². The molecule has 0 spiro atoms. The lowest BCUT2D eigenvalue weighted by Crippen LogP contribution is -2.37. The summed E-state index contributed by atoms with van der Waals surface area (Å²) in [7, 11) is 0. The molecule has 2 rings (SSSR count). The van der Waals surface area contributed by atoms with Crippen LogP contribution in [0.1, 0.15) is 6.23 Å². The first kappa shape index (κ1) is 12.0. The van der Waals surface area contributed by atoms with Gasteiger partial charge in [0.1, 0.15) is 18.3 Å². The molecule has 4 atom stereocenters. The van der Waals surface area contributed by atoms with Gasteiger partial charge in [0.25, 0.3) is 5.56 Å². The number of rotatable bonds is 2. The van der Waals surface area contributed by atoms with E-state index in [9.17, 15) is 19.8 Å². The fourth-order valence-electron chi connectivity index (χ4n) is 1.74. The van der Waals surface area contributed by atoms with Crippen molar-refractivity contribution >= 4 is 0 Å². The van der Waals surface area contributed by atoms with Gasteiger partial charge < -0.3 is 20.1 Å². The van der Waals surface area contributed by atoms with Crippen molar-refractivity contribution in [2.24, 2.45) is 0 Å². The summed E-state index contributed by atoms with van der Waals surface area (Å²) >= 11 is 0. The first-order valence-corrected chi connectivity index (χ1v) is 4.98. The van der Waals surface area contributed by atoms with E-state index >= 15 is 0 Å². The zero-order chi connectivity index (χ0) is 12.6. The predicted molar refractivity (Wildman–Crippen MR) is 54.3 cm³/mol. The van der Waals surface area contributed by atoms with E-state index in [-0.39, 0.29) is 0 Å². The Morgan fingerprint density at radius 1 is 1.35 bits per heavy atom. The second-order valence-electron chi connectivity index (χ2n) is 3.75. The minimum Gasteiger partial charge on any atom is -0.394 e. The summed E-state index contributed by atoms with van der Waals surface area (Å²) in [6, 6.07) is 1.09. The Morgan fingerprint density at radius 3 is 2.59 bits per heavy atom. The van der Waals surface area contributed by atoms with Crippen molar-refractivity contribution in [3.05, 3.63) is 33.1 Å². The summed E-state index contributed by atoms with van der Waals surface area (Å²) < 4.78 is 6.08. The van der Waals surface area contributed by atoms with E-state index in [1.54, 1.807) is 0 Å². The largest absolute Gasteiger partial charge is 0.394 e. The van der Waals surface area contributed by atoms with Crippen molar-refractivity contribution in [1.29, 1.82) is 0 Å². The van der Waals surface area contributed by atoms with Crippen LogP contribution in [0.3, 0.4) is 0 Å². The minimum atomic E-state index is -1.35. The van der Waals surface area contributed by atoms with Crippen LogP contribution in [0.5, 0.6) is 0 Å². The van der Waals surface area contributed by atoms with Crippen molar-refractivity contribution in [2.75, 3.05) is 6.61 Å². The number of aromatic amines is 1. The molecule has 2 heterocycles. The van der Waals surface area contributed by atoms with Gasteiger partial charge in [0, 0.05) is 12.3 Å². The van der Waals surface area contributed by atoms with Crippen LogP contribution in [-0.4, -0.2) is 49.8 Å². The molecule has 8 nitrogen and oxygen atoms in total. The van der Waals surface area contributed by atoms with E-state index in [4.69, 9.17) is 9.84 Å². The number of nitrogens with one attached hydrogen (secondary N) is 1. The number of aliphatic hydroxyl groups is 3. The molecule has 1 aliphatic heterocycles. The van der Waals surface area contributed by atoms with Crippen molar-refractivity contribution in [1.82, 2.24) is 9.55 Å². The van der Waals surface area contributed by atoms with Crippen molar-refractivity contribution < 1.29 is 20.1 Å². The molecular formula is C9H12N2O6. The summed E-state index contributed by atoms with van der Waals surface area (Å²) in [4.78, 5) is 24.3. The van der Waals surface area contributed by atoms with E-state index in [0.29, 0.717) is 0 Å². The molecule has 1 aliphatic rings. The number of aliphatic hydroxyl groups excluding tert-OH is 3. The lowest BCUT2D eigenvalue weighted by atomic mass is 10.2. The van der Waals surface area contributed by atoms with Gasteiger partial charge in [0.05, 0.1) is 6.61 Å². The summed E-state index contributed by atoms with van der Waals surface area (Å²) in [6.45, 7) is -0.479. The van der Waals surface area contributed by atoms with Crippen LogP contribution in [-0.2, 0) is 4.74 Å². The van der Waals surface area contributed by atoms with Crippen LogP contribution in [0, 0.1) is 0 Å². The van der Waals surface area contributed by atoms with E-state index in [2.05, 4.69) is 0 Å². The van der Waals surface area contributed by atoms with Gasteiger partial charge in [0.2, 0.25) is 0 Å². The zero-order valence-corrected chi connectivity index (χ0v) is 8.68. The monoisotopic (exact) mass is 246 g/mol. The Kier molecular flexibility index (Phi) is 3.11. The third-order valence-corrected chi connectivity index (χ3v) is 2.64. The highest BCUT2D eigenvalue weighted by atomic mass is 16.6. The van der Waals surface area contributed by atoms with Gasteiger partial charge >= 0.3 is 5.69 Å². The third-order valence-electron chi connectivity index (χ3n) is 2.64. The van der Waals surface area contributed by atoms with Gasteiger partial charge in [-0.15, -0.1) is 0 Å². The van der Waals surface area contributed by atoms with Crippen LogP contribution in [0.25, 0.3) is 0 Å². The Labute approximate surface area is 94.7 Å². The van der Waals surface area contributed by atoms with Gasteiger partial charge in [-0.05, 0) is 0 Å². The topological polar surface area (TPSA) is 125 Å². The summed E-state index contributed by atoms with van der Waals surface area (Å²) in [5.41, 5.74) is -1.33. The Balaban J connectivity index is 2.35. The molecule has 0 bridgehead atoms. The molecule has 1 fully saturated rings. The second-order valence-corrected chi connectivity index (χ2v) is 3.75. The smallest absolute Gasteiger partial charge is 0.330 e. The summed E-state index contributed by atoms with van der Waals surface area (Å²) in [5.74, 6) is 0. The second kappa shape index (κ2) is 4.41. The van der Waals surface area contributed by atoms with E-state index in [1.807, 2.05) is 4.98 Å². The number of nitrogens with zero attached hydrogens (tertiary/aromatic N) is 1. The molecule has 1 saturated heterocycles. The lowest BCUT2D eigenvalue weighted by Gasteiger charge is -2.16. The van der Waals surface area contributed by atoms with Crippen LogP contribution in [0.2, 0.25) is 0 Å². The quantitative estimate of drug-likeness (QED) is 0.445. The highest BCUT2D eigenvalue weighted by Gasteiger charge is 2.43. The number of aromatic nitrogens is 2. The Bertz CT molecular complexity index is 509.